The van der Waals surface area contributed by atoms with Crippen LogP contribution in [0.3, 0.4) is 0 Å². The number of anilines is 1. The molecule has 3 aromatic carbocycles. The number of hydrogen-bond donors (Lipinski definition) is 3. The molecule has 0 radical (unpaired) electrons. The van der Waals surface area contributed by atoms with E-state index in [4.69, 9.17) is 51.8 Å². The fraction of sp³-hybridized carbons (Fsp3) is 0.174. The van der Waals surface area contributed by atoms with Crippen LogP contribution in [0.1, 0.15) is 27.6 Å². The van der Waals surface area contributed by atoms with E-state index in [2.05, 4.69) is 16.0 Å². The first-order chi connectivity index (χ1) is 15.7. The standard InChI is InChI=1S/C23H20Cl3N3O3S/c1-2-32-20(31)15-10-12-16(13-11-15)27-22(33)29-21(23(24,25)26)28-19(30)18-9-5-7-14-6-3-4-8-17(14)18/h3-13,21H,2H2,1H3,(H,28,30)(H2,27,29,33). The second-order valence-corrected chi connectivity index (χ2v) is 9.65. The first kappa shape index (κ1) is 25.1. The lowest BCUT2D eigenvalue weighted by Crippen LogP contribution is -2.56. The molecule has 3 aromatic rings. The third-order valence-corrected chi connectivity index (χ3v) is 5.44. The summed E-state index contributed by atoms with van der Waals surface area (Å²) in [5.74, 6) is -0.852. The number of fused-ring (bicyclic) bond motifs is 1. The van der Waals surface area contributed by atoms with E-state index in [1.165, 1.54) is 0 Å². The Kier molecular flexibility index (Phi) is 8.37. The van der Waals surface area contributed by atoms with Crippen molar-refractivity contribution >= 4 is 80.5 Å². The molecule has 0 saturated heterocycles. The fourth-order valence-electron chi connectivity index (χ4n) is 3.03. The van der Waals surface area contributed by atoms with Gasteiger partial charge in [0.15, 0.2) is 5.11 Å². The molecule has 6 nitrogen and oxygen atoms in total. The molecule has 0 saturated carbocycles. The highest BCUT2D eigenvalue weighted by atomic mass is 35.6. The van der Waals surface area contributed by atoms with Crippen molar-refractivity contribution in [2.24, 2.45) is 0 Å². The minimum Gasteiger partial charge on any atom is -0.462 e. The Bertz CT molecular complexity index is 1160. The molecule has 33 heavy (non-hydrogen) atoms. The zero-order valence-corrected chi connectivity index (χ0v) is 20.5. The molecule has 10 heteroatoms. The molecule has 0 fully saturated rings. The van der Waals surface area contributed by atoms with Crippen LogP contribution in [-0.2, 0) is 4.74 Å². The predicted octanol–water partition coefficient (Wildman–Crippen LogP) is 5.43. The summed E-state index contributed by atoms with van der Waals surface area (Å²) in [4.78, 5) is 24.7. The number of alkyl halides is 3. The van der Waals surface area contributed by atoms with E-state index in [1.54, 1.807) is 43.3 Å². The van der Waals surface area contributed by atoms with E-state index in [0.717, 1.165) is 10.8 Å². The summed E-state index contributed by atoms with van der Waals surface area (Å²) in [7, 11) is 0. The van der Waals surface area contributed by atoms with Crippen molar-refractivity contribution in [2.45, 2.75) is 16.9 Å². The lowest BCUT2D eigenvalue weighted by atomic mass is 10.0. The highest BCUT2D eigenvalue weighted by Gasteiger charge is 2.35. The molecule has 0 aliphatic rings. The van der Waals surface area contributed by atoms with E-state index >= 15 is 0 Å². The van der Waals surface area contributed by atoms with E-state index < -0.39 is 21.8 Å². The van der Waals surface area contributed by atoms with Crippen molar-refractivity contribution in [3.63, 3.8) is 0 Å². The summed E-state index contributed by atoms with van der Waals surface area (Å²) in [6, 6.07) is 19.3. The molecular formula is C23H20Cl3N3O3S. The molecule has 172 valence electrons. The minimum absolute atomic E-state index is 0.105. The Balaban J connectivity index is 1.70. The molecule has 1 amide bonds. The molecule has 1 atom stereocenters. The van der Waals surface area contributed by atoms with Gasteiger partial charge in [0.2, 0.25) is 3.79 Å². The van der Waals surface area contributed by atoms with Gasteiger partial charge in [-0.3, -0.25) is 4.79 Å². The van der Waals surface area contributed by atoms with Crippen LogP contribution in [0.5, 0.6) is 0 Å². The summed E-state index contributed by atoms with van der Waals surface area (Å²) >= 11 is 23.6. The van der Waals surface area contributed by atoms with Crippen molar-refractivity contribution in [3.05, 3.63) is 77.9 Å². The summed E-state index contributed by atoms with van der Waals surface area (Å²) in [5, 5.41) is 10.2. The molecule has 0 heterocycles. The molecule has 0 aromatic heterocycles. The van der Waals surface area contributed by atoms with Crippen LogP contribution in [0, 0.1) is 0 Å². The number of carbonyl (C=O) groups excluding carboxylic acids is 2. The van der Waals surface area contributed by atoms with Gasteiger partial charge in [0.1, 0.15) is 6.17 Å². The summed E-state index contributed by atoms with van der Waals surface area (Å²) in [6.45, 7) is 2.02. The van der Waals surface area contributed by atoms with Crippen molar-refractivity contribution < 1.29 is 14.3 Å². The van der Waals surface area contributed by atoms with E-state index in [9.17, 15) is 9.59 Å². The van der Waals surface area contributed by atoms with Crippen molar-refractivity contribution in [3.8, 4) is 0 Å². The van der Waals surface area contributed by atoms with Gasteiger partial charge in [-0.25, -0.2) is 4.79 Å². The van der Waals surface area contributed by atoms with Gasteiger partial charge in [-0.15, -0.1) is 0 Å². The maximum Gasteiger partial charge on any atom is 0.338 e. The van der Waals surface area contributed by atoms with Gasteiger partial charge in [0, 0.05) is 11.3 Å². The average molecular weight is 525 g/mol. The van der Waals surface area contributed by atoms with E-state index in [0.29, 0.717) is 16.8 Å². The lowest BCUT2D eigenvalue weighted by Gasteiger charge is -2.28. The summed E-state index contributed by atoms with van der Waals surface area (Å²) < 4.78 is 3.05. The normalized spacial score (nSPS) is 12.0. The number of ether oxygens (including phenoxy) is 1. The zero-order chi connectivity index (χ0) is 24.0. The van der Waals surface area contributed by atoms with Gasteiger partial charge >= 0.3 is 5.97 Å². The van der Waals surface area contributed by atoms with Crippen molar-refractivity contribution in [1.29, 1.82) is 0 Å². The van der Waals surface area contributed by atoms with E-state index in [1.807, 2.05) is 30.3 Å². The maximum absolute atomic E-state index is 13.0. The number of esters is 1. The smallest absolute Gasteiger partial charge is 0.338 e. The number of hydrogen-bond acceptors (Lipinski definition) is 4. The monoisotopic (exact) mass is 523 g/mol. The van der Waals surface area contributed by atoms with Crippen LogP contribution in [0.25, 0.3) is 10.8 Å². The van der Waals surface area contributed by atoms with Gasteiger partial charge in [0.25, 0.3) is 5.91 Å². The third kappa shape index (κ3) is 6.71. The number of halogens is 3. The van der Waals surface area contributed by atoms with Gasteiger partial charge in [-0.05, 0) is 60.2 Å². The molecule has 0 spiro atoms. The number of thiocarbonyl (C=S) groups is 1. The van der Waals surface area contributed by atoms with Crippen LogP contribution in [0.4, 0.5) is 5.69 Å². The molecule has 1 unspecified atom stereocenters. The second kappa shape index (κ2) is 11.0. The summed E-state index contributed by atoms with van der Waals surface area (Å²) in [6.07, 6.45) is -1.13. The Hall–Kier alpha value is -2.58. The Morgan fingerprint density at radius 1 is 0.970 bits per heavy atom. The Morgan fingerprint density at radius 3 is 2.30 bits per heavy atom. The highest BCUT2D eigenvalue weighted by Crippen LogP contribution is 2.30. The first-order valence-corrected chi connectivity index (χ1v) is 11.4. The van der Waals surface area contributed by atoms with Gasteiger partial charge in [-0.1, -0.05) is 71.2 Å². The van der Waals surface area contributed by atoms with Crippen LogP contribution in [0.15, 0.2) is 66.7 Å². The maximum atomic E-state index is 13.0. The highest BCUT2D eigenvalue weighted by molar-refractivity contribution is 7.80. The van der Waals surface area contributed by atoms with E-state index in [-0.39, 0.29) is 11.7 Å². The van der Waals surface area contributed by atoms with Crippen molar-refractivity contribution in [2.75, 3.05) is 11.9 Å². The molecule has 3 rings (SSSR count). The number of rotatable bonds is 6. The SMILES string of the molecule is CCOC(=O)c1ccc(NC(=S)NC(NC(=O)c2cccc3ccccc23)C(Cl)(Cl)Cl)cc1. The van der Waals surface area contributed by atoms with Crippen LogP contribution in [-0.4, -0.2) is 33.6 Å². The largest absolute Gasteiger partial charge is 0.462 e. The molecule has 0 aliphatic heterocycles. The number of carbonyl (C=O) groups is 2. The molecular weight excluding hydrogens is 505 g/mol. The van der Waals surface area contributed by atoms with Gasteiger partial charge in [-0.2, -0.15) is 0 Å². The first-order valence-electron chi connectivity index (χ1n) is 9.89. The molecule has 0 bridgehead atoms. The average Bonchev–Trinajstić information content (AvgIpc) is 2.78. The fourth-order valence-corrected chi connectivity index (χ4v) is 3.60. The second-order valence-electron chi connectivity index (χ2n) is 6.87. The molecule has 3 N–H and O–H groups in total. The van der Waals surface area contributed by atoms with Gasteiger partial charge in [0.05, 0.1) is 12.2 Å². The molecule has 0 aliphatic carbocycles. The Morgan fingerprint density at radius 2 is 1.64 bits per heavy atom. The van der Waals surface area contributed by atoms with Gasteiger partial charge < -0.3 is 20.7 Å². The summed E-state index contributed by atoms with van der Waals surface area (Å²) in [5.41, 5.74) is 1.43. The topological polar surface area (TPSA) is 79.5 Å². The predicted molar refractivity (Wildman–Crippen MR) is 137 cm³/mol. The van der Waals surface area contributed by atoms with Crippen LogP contribution in [0.2, 0.25) is 0 Å². The number of benzene rings is 3. The minimum atomic E-state index is -1.90. The van der Waals surface area contributed by atoms with Crippen LogP contribution < -0.4 is 16.0 Å². The third-order valence-electron chi connectivity index (χ3n) is 4.57. The number of amides is 1. The number of nitrogens with one attached hydrogen (secondary N) is 3. The lowest BCUT2D eigenvalue weighted by molar-refractivity contribution is 0.0526. The van der Waals surface area contributed by atoms with Crippen molar-refractivity contribution in [1.82, 2.24) is 10.6 Å². The zero-order valence-electron chi connectivity index (χ0n) is 17.4. The Labute approximate surface area is 211 Å². The van der Waals surface area contributed by atoms with Crippen LogP contribution >= 0.6 is 47.0 Å². The quantitative estimate of drug-likeness (QED) is 0.173.